The third kappa shape index (κ3) is 3.53. The van der Waals surface area contributed by atoms with Gasteiger partial charge in [-0.25, -0.2) is 14.8 Å². The number of anilines is 1. The quantitative estimate of drug-likeness (QED) is 0.727. The topological polar surface area (TPSA) is 118 Å². The highest BCUT2D eigenvalue weighted by molar-refractivity contribution is 5.95. The van der Waals surface area contributed by atoms with E-state index in [1.807, 2.05) is 0 Å². The van der Waals surface area contributed by atoms with E-state index in [4.69, 9.17) is 10.8 Å². The summed E-state index contributed by atoms with van der Waals surface area (Å²) in [5.41, 5.74) is 6.22. The van der Waals surface area contributed by atoms with Crippen molar-refractivity contribution in [3.05, 3.63) is 53.5 Å². The number of aromatic carboxylic acids is 1. The first-order chi connectivity index (χ1) is 10.1. The van der Waals surface area contributed by atoms with Crippen molar-refractivity contribution in [2.24, 2.45) is 5.73 Å². The minimum Gasteiger partial charge on any atom is -0.478 e. The molecule has 21 heavy (non-hydrogen) atoms. The second-order valence-corrected chi connectivity index (χ2v) is 4.26. The first kappa shape index (κ1) is 14.4. The molecule has 1 amide bonds. The standard InChI is InChI=1S/C14H14N4O3/c15-12(19)11-13(18-8-7-16-11)17-6-5-9-3-1-2-4-10(9)14(20)21/h1-4,7-8H,5-6H2,(H2,15,19)(H,17,18)(H,20,21). The fourth-order valence-corrected chi connectivity index (χ4v) is 1.91. The minimum atomic E-state index is -0.970. The smallest absolute Gasteiger partial charge is 0.335 e. The number of hydrogen-bond donors (Lipinski definition) is 3. The summed E-state index contributed by atoms with van der Waals surface area (Å²) in [6.07, 6.45) is 3.29. The molecule has 0 saturated heterocycles. The van der Waals surface area contributed by atoms with Crippen LogP contribution in [0, 0.1) is 0 Å². The Morgan fingerprint density at radius 3 is 2.62 bits per heavy atom. The van der Waals surface area contributed by atoms with E-state index in [0.29, 0.717) is 18.5 Å². The van der Waals surface area contributed by atoms with Crippen molar-refractivity contribution in [3.8, 4) is 0 Å². The van der Waals surface area contributed by atoms with E-state index in [9.17, 15) is 9.59 Å². The van der Waals surface area contributed by atoms with Crippen molar-refractivity contribution in [1.29, 1.82) is 0 Å². The molecule has 0 atom stereocenters. The number of primary amides is 1. The molecule has 0 fully saturated rings. The van der Waals surface area contributed by atoms with Crippen LogP contribution in [0.15, 0.2) is 36.7 Å². The highest BCUT2D eigenvalue weighted by Gasteiger charge is 2.11. The molecule has 0 radical (unpaired) electrons. The van der Waals surface area contributed by atoms with Crippen LogP contribution in [0.2, 0.25) is 0 Å². The van der Waals surface area contributed by atoms with Crippen LogP contribution in [0.4, 0.5) is 5.82 Å². The number of amides is 1. The van der Waals surface area contributed by atoms with Gasteiger partial charge >= 0.3 is 5.97 Å². The van der Waals surface area contributed by atoms with E-state index in [2.05, 4.69) is 15.3 Å². The monoisotopic (exact) mass is 286 g/mol. The Bertz CT molecular complexity index is 615. The fraction of sp³-hybridized carbons (Fsp3) is 0.143. The van der Waals surface area contributed by atoms with Crippen molar-refractivity contribution < 1.29 is 14.7 Å². The summed E-state index contributed by atoms with van der Waals surface area (Å²) in [5, 5.41) is 12.0. The maximum absolute atomic E-state index is 11.2. The van der Waals surface area contributed by atoms with Gasteiger partial charge < -0.3 is 16.2 Å². The van der Waals surface area contributed by atoms with E-state index < -0.39 is 11.9 Å². The molecule has 0 unspecified atom stereocenters. The number of hydrogen-bond acceptors (Lipinski definition) is 5. The zero-order chi connectivity index (χ0) is 15.2. The summed E-state index contributed by atoms with van der Waals surface area (Å²) in [7, 11) is 0. The molecule has 7 nitrogen and oxygen atoms in total. The van der Waals surface area contributed by atoms with Gasteiger partial charge in [-0.15, -0.1) is 0 Å². The average molecular weight is 286 g/mol. The number of carbonyl (C=O) groups excluding carboxylic acids is 1. The van der Waals surface area contributed by atoms with Crippen molar-refractivity contribution >= 4 is 17.7 Å². The number of carboxylic acids is 1. The molecule has 1 heterocycles. The number of carbonyl (C=O) groups is 2. The summed E-state index contributed by atoms with van der Waals surface area (Å²) >= 11 is 0. The number of carboxylic acid groups (broad SMARTS) is 1. The molecule has 0 saturated carbocycles. The van der Waals surface area contributed by atoms with Gasteiger partial charge in [-0.2, -0.15) is 0 Å². The molecule has 0 aliphatic carbocycles. The van der Waals surface area contributed by atoms with Gasteiger partial charge in [-0.1, -0.05) is 18.2 Å². The molecular formula is C14H14N4O3. The van der Waals surface area contributed by atoms with E-state index in [0.717, 1.165) is 0 Å². The van der Waals surface area contributed by atoms with E-state index in [-0.39, 0.29) is 17.1 Å². The lowest BCUT2D eigenvalue weighted by atomic mass is 10.0. The second kappa shape index (κ2) is 6.47. The van der Waals surface area contributed by atoms with Gasteiger partial charge in [0.2, 0.25) is 0 Å². The Morgan fingerprint density at radius 1 is 1.19 bits per heavy atom. The van der Waals surface area contributed by atoms with Crippen molar-refractivity contribution in [3.63, 3.8) is 0 Å². The molecule has 2 aromatic rings. The number of rotatable bonds is 6. The first-order valence-corrected chi connectivity index (χ1v) is 6.25. The first-order valence-electron chi connectivity index (χ1n) is 6.25. The number of benzene rings is 1. The van der Waals surface area contributed by atoms with Crippen LogP contribution >= 0.6 is 0 Å². The average Bonchev–Trinajstić information content (AvgIpc) is 2.48. The summed E-state index contributed by atoms with van der Waals surface area (Å²) in [6, 6.07) is 6.75. The zero-order valence-electron chi connectivity index (χ0n) is 11.1. The Balaban J connectivity index is 2.06. The zero-order valence-corrected chi connectivity index (χ0v) is 11.1. The summed E-state index contributed by atoms with van der Waals surface area (Å²) in [6.45, 7) is 0.406. The van der Waals surface area contributed by atoms with Gasteiger partial charge in [-0.3, -0.25) is 4.79 Å². The highest BCUT2D eigenvalue weighted by Crippen LogP contribution is 2.11. The summed E-state index contributed by atoms with van der Waals surface area (Å²) < 4.78 is 0. The predicted molar refractivity (Wildman–Crippen MR) is 76.1 cm³/mol. The lowest BCUT2D eigenvalue weighted by molar-refractivity contribution is 0.0695. The van der Waals surface area contributed by atoms with Crippen LogP contribution in [0.25, 0.3) is 0 Å². The molecule has 2 rings (SSSR count). The molecule has 0 aliphatic rings. The molecule has 1 aromatic heterocycles. The van der Waals surface area contributed by atoms with Gasteiger partial charge in [0.15, 0.2) is 11.5 Å². The molecule has 0 spiro atoms. The van der Waals surface area contributed by atoms with E-state index in [1.54, 1.807) is 24.3 Å². The maximum atomic E-state index is 11.2. The molecule has 0 aliphatic heterocycles. The van der Waals surface area contributed by atoms with E-state index >= 15 is 0 Å². The maximum Gasteiger partial charge on any atom is 0.335 e. The van der Waals surface area contributed by atoms with Gasteiger partial charge in [-0.05, 0) is 18.1 Å². The van der Waals surface area contributed by atoms with Crippen LogP contribution in [-0.2, 0) is 6.42 Å². The Hall–Kier alpha value is -2.96. The van der Waals surface area contributed by atoms with Crippen LogP contribution in [0.3, 0.4) is 0 Å². The number of nitrogens with zero attached hydrogens (tertiary/aromatic N) is 2. The van der Waals surface area contributed by atoms with Crippen LogP contribution in [0.5, 0.6) is 0 Å². The number of nitrogens with one attached hydrogen (secondary N) is 1. The molecular weight excluding hydrogens is 272 g/mol. The van der Waals surface area contributed by atoms with Gasteiger partial charge in [0.05, 0.1) is 5.56 Å². The highest BCUT2D eigenvalue weighted by atomic mass is 16.4. The lowest BCUT2D eigenvalue weighted by Gasteiger charge is -2.09. The largest absolute Gasteiger partial charge is 0.478 e. The fourth-order valence-electron chi connectivity index (χ4n) is 1.91. The molecule has 4 N–H and O–H groups in total. The molecule has 0 bridgehead atoms. The van der Waals surface area contributed by atoms with Crippen LogP contribution in [-0.4, -0.2) is 33.5 Å². The Labute approximate surface area is 120 Å². The van der Waals surface area contributed by atoms with Crippen molar-refractivity contribution in [1.82, 2.24) is 9.97 Å². The summed E-state index contributed by atoms with van der Waals surface area (Å²) in [5.74, 6) is -1.35. The Morgan fingerprint density at radius 2 is 1.90 bits per heavy atom. The normalized spacial score (nSPS) is 10.1. The van der Waals surface area contributed by atoms with Crippen molar-refractivity contribution in [2.45, 2.75) is 6.42 Å². The Kier molecular flexibility index (Phi) is 4.45. The summed E-state index contributed by atoms with van der Waals surface area (Å²) in [4.78, 5) is 30.1. The van der Waals surface area contributed by atoms with Crippen molar-refractivity contribution in [2.75, 3.05) is 11.9 Å². The molecule has 108 valence electrons. The SMILES string of the molecule is NC(=O)c1nccnc1NCCc1ccccc1C(=O)O. The van der Waals surface area contributed by atoms with Crippen LogP contribution < -0.4 is 11.1 Å². The number of aromatic nitrogens is 2. The lowest BCUT2D eigenvalue weighted by Crippen LogP contribution is -2.18. The third-order valence-corrected chi connectivity index (χ3v) is 2.87. The number of nitrogens with two attached hydrogens (primary N) is 1. The van der Waals surface area contributed by atoms with Gasteiger partial charge in [0.1, 0.15) is 0 Å². The van der Waals surface area contributed by atoms with E-state index in [1.165, 1.54) is 12.4 Å². The van der Waals surface area contributed by atoms with Gasteiger partial charge in [0, 0.05) is 18.9 Å². The third-order valence-electron chi connectivity index (χ3n) is 2.87. The minimum absolute atomic E-state index is 0.0593. The van der Waals surface area contributed by atoms with Crippen LogP contribution in [0.1, 0.15) is 26.4 Å². The second-order valence-electron chi connectivity index (χ2n) is 4.26. The predicted octanol–water partition coefficient (Wildman–Crippen LogP) is 0.928. The molecule has 1 aromatic carbocycles. The van der Waals surface area contributed by atoms with Gasteiger partial charge in [0.25, 0.3) is 5.91 Å². The molecule has 7 heteroatoms.